The summed E-state index contributed by atoms with van der Waals surface area (Å²) >= 11 is 0. The third-order valence-electron chi connectivity index (χ3n) is 6.09. The first-order valence-electron chi connectivity index (χ1n) is 11.1. The van der Waals surface area contributed by atoms with Gasteiger partial charge in [-0.1, -0.05) is 6.07 Å². The predicted octanol–water partition coefficient (Wildman–Crippen LogP) is -0.190. The molecule has 0 radical (unpaired) electrons. The number of rotatable bonds is 8. The number of nitrogens with one attached hydrogen (secondary N) is 3. The molecule has 0 aromatic heterocycles. The Hall–Kier alpha value is -2.82. The zero-order chi connectivity index (χ0) is 22.7. The minimum absolute atomic E-state index is 0.103. The molecule has 10 nitrogen and oxygen atoms in total. The number of anilines is 1. The van der Waals surface area contributed by atoms with Crippen LogP contribution < -0.4 is 16.0 Å². The molecular weight excluding hydrogens is 414 g/mol. The van der Waals surface area contributed by atoms with Crippen molar-refractivity contribution in [2.75, 3.05) is 51.7 Å². The Balaban J connectivity index is 1.37. The van der Waals surface area contributed by atoms with Crippen LogP contribution in [0.3, 0.4) is 0 Å². The van der Waals surface area contributed by atoms with Gasteiger partial charge in [0.15, 0.2) is 0 Å². The lowest BCUT2D eigenvalue weighted by Crippen LogP contribution is -2.54. The maximum absolute atomic E-state index is 13.1. The van der Waals surface area contributed by atoms with E-state index in [1.807, 2.05) is 7.05 Å². The molecule has 1 aromatic rings. The van der Waals surface area contributed by atoms with Gasteiger partial charge in [0.2, 0.25) is 11.8 Å². The Morgan fingerprint density at radius 3 is 2.81 bits per heavy atom. The van der Waals surface area contributed by atoms with Crippen molar-refractivity contribution in [3.8, 4) is 0 Å². The van der Waals surface area contributed by atoms with Crippen molar-refractivity contribution in [1.29, 1.82) is 0 Å². The summed E-state index contributed by atoms with van der Waals surface area (Å²) in [6.07, 6.45) is 1.31. The summed E-state index contributed by atoms with van der Waals surface area (Å²) in [5, 5.41) is 8.65. The first-order valence-corrected chi connectivity index (χ1v) is 11.1. The maximum atomic E-state index is 13.1. The van der Waals surface area contributed by atoms with Crippen molar-refractivity contribution < 1.29 is 23.9 Å². The van der Waals surface area contributed by atoms with Crippen LogP contribution in [0.4, 0.5) is 5.69 Å². The molecule has 3 heterocycles. The quantitative estimate of drug-likeness (QED) is 0.374. The molecule has 0 aliphatic carbocycles. The molecule has 0 spiro atoms. The standard InChI is InChI=1S/C22H29N5O5/c1-23-12-14-13-26(10-11-32-14)9-3-8-24-16-5-2-4-15-19(16)22(31)27(21(15)30)17-6-7-18(28)25-20(17)29/h2,4-5,14,17,23-24H,3,6-13H2,1H3,(H,25,28,29)/t14-,17?/m1/s1. The Morgan fingerprint density at radius 1 is 1.19 bits per heavy atom. The number of fused-ring (bicyclic) bond motifs is 1. The zero-order valence-electron chi connectivity index (χ0n) is 18.2. The lowest BCUT2D eigenvalue weighted by atomic mass is 10.0. The highest BCUT2D eigenvalue weighted by atomic mass is 16.5. The van der Waals surface area contributed by atoms with Crippen molar-refractivity contribution in [1.82, 2.24) is 20.4 Å². The summed E-state index contributed by atoms with van der Waals surface area (Å²) in [5.41, 5.74) is 1.17. The Kier molecular flexibility index (Phi) is 6.83. The van der Waals surface area contributed by atoms with Gasteiger partial charge in [0, 0.05) is 44.8 Å². The van der Waals surface area contributed by atoms with Crippen molar-refractivity contribution in [3.63, 3.8) is 0 Å². The molecule has 3 aliphatic heterocycles. The number of hydrogen-bond acceptors (Lipinski definition) is 8. The normalized spacial score (nSPS) is 24.0. The number of carbonyl (C=O) groups excluding carboxylic acids is 4. The van der Waals surface area contributed by atoms with E-state index in [9.17, 15) is 19.2 Å². The lowest BCUT2D eigenvalue weighted by Gasteiger charge is -2.32. The molecule has 4 amide bonds. The van der Waals surface area contributed by atoms with E-state index in [2.05, 4.69) is 20.9 Å². The molecule has 2 saturated heterocycles. The molecule has 1 unspecified atom stereocenters. The van der Waals surface area contributed by atoms with Gasteiger partial charge in [0.05, 0.1) is 23.8 Å². The highest BCUT2D eigenvalue weighted by Crippen LogP contribution is 2.32. The highest BCUT2D eigenvalue weighted by molar-refractivity contribution is 6.25. The molecule has 10 heteroatoms. The summed E-state index contributed by atoms with van der Waals surface area (Å²) in [6, 6.07) is 4.14. The van der Waals surface area contributed by atoms with Crippen LogP contribution in [0.5, 0.6) is 0 Å². The third kappa shape index (κ3) is 4.52. The second-order valence-electron chi connectivity index (χ2n) is 8.31. The van der Waals surface area contributed by atoms with Crippen LogP contribution in [0.1, 0.15) is 40.0 Å². The van der Waals surface area contributed by atoms with Gasteiger partial charge >= 0.3 is 0 Å². The van der Waals surface area contributed by atoms with Crippen molar-refractivity contribution >= 4 is 29.3 Å². The van der Waals surface area contributed by atoms with Crippen LogP contribution in [-0.4, -0.2) is 92.0 Å². The molecule has 32 heavy (non-hydrogen) atoms. The van der Waals surface area contributed by atoms with Crippen LogP contribution in [0, 0.1) is 0 Å². The largest absolute Gasteiger partial charge is 0.384 e. The Bertz CT molecular complexity index is 918. The molecule has 0 saturated carbocycles. The predicted molar refractivity (Wildman–Crippen MR) is 116 cm³/mol. The minimum Gasteiger partial charge on any atom is -0.384 e. The van der Waals surface area contributed by atoms with Crippen LogP contribution in [0.25, 0.3) is 0 Å². The minimum atomic E-state index is -0.958. The van der Waals surface area contributed by atoms with Gasteiger partial charge in [-0.3, -0.25) is 34.3 Å². The fraction of sp³-hybridized carbons (Fsp3) is 0.545. The number of carbonyl (C=O) groups is 4. The van der Waals surface area contributed by atoms with E-state index in [0.29, 0.717) is 17.8 Å². The molecule has 172 valence electrons. The number of likely N-dealkylation sites (N-methyl/N-ethyl adjacent to an activating group) is 1. The average Bonchev–Trinajstić information content (AvgIpc) is 3.03. The van der Waals surface area contributed by atoms with Gasteiger partial charge in [-0.2, -0.15) is 0 Å². The van der Waals surface area contributed by atoms with E-state index >= 15 is 0 Å². The van der Waals surface area contributed by atoms with E-state index in [1.165, 1.54) is 0 Å². The molecule has 3 aliphatic rings. The van der Waals surface area contributed by atoms with Gasteiger partial charge in [-0.15, -0.1) is 0 Å². The van der Waals surface area contributed by atoms with Crippen molar-refractivity contribution in [2.24, 2.45) is 0 Å². The number of imide groups is 2. The summed E-state index contributed by atoms with van der Waals surface area (Å²) < 4.78 is 5.73. The number of ether oxygens (including phenoxy) is 1. The number of hydrogen-bond donors (Lipinski definition) is 3. The molecule has 2 atom stereocenters. The summed E-state index contributed by atoms with van der Waals surface area (Å²) in [7, 11) is 1.91. The number of nitrogens with zero attached hydrogens (tertiary/aromatic N) is 2. The van der Waals surface area contributed by atoms with E-state index in [4.69, 9.17) is 4.74 Å². The fourth-order valence-corrected chi connectivity index (χ4v) is 4.52. The number of amides is 4. The van der Waals surface area contributed by atoms with Gasteiger partial charge in [0.25, 0.3) is 11.8 Å². The van der Waals surface area contributed by atoms with Crippen molar-refractivity contribution in [2.45, 2.75) is 31.4 Å². The Morgan fingerprint density at radius 2 is 2.03 bits per heavy atom. The van der Waals surface area contributed by atoms with Gasteiger partial charge in [-0.25, -0.2) is 0 Å². The van der Waals surface area contributed by atoms with Crippen LogP contribution in [0.2, 0.25) is 0 Å². The van der Waals surface area contributed by atoms with Crippen LogP contribution >= 0.6 is 0 Å². The van der Waals surface area contributed by atoms with E-state index in [0.717, 1.165) is 44.1 Å². The van der Waals surface area contributed by atoms with Gasteiger partial charge < -0.3 is 15.4 Å². The zero-order valence-corrected chi connectivity index (χ0v) is 18.2. The van der Waals surface area contributed by atoms with E-state index < -0.39 is 23.8 Å². The third-order valence-corrected chi connectivity index (χ3v) is 6.09. The number of morpholine rings is 1. The molecule has 3 N–H and O–H groups in total. The summed E-state index contributed by atoms with van der Waals surface area (Å²) in [6.45, 7) is 4.87. The summed E-state index contributed by atoms with van der Waals surface area (Å²) in [5.74, 6) is -1.98. The second-order valence-corrected chi connectivity index (χ2v) is 8.31. The van der Waals surface area contributed by atoms with Gasteiger partial charge in [-0.05, 0) is 32.0 Å². The molecule has 1 aromatic carbocycles. The number of piperidine rings is 1. The maximum Gasteiger partial charge on any atom is 0.264 e. The highest BCUT2D eigenvalue weighted by Gasteiger charge is 2.45. The van der Waals surface area contributed by atoms with Gasteiger partial charge in [0.1, 0.15) is 6.04 Å². The van der Waals surface area contributed by atoms with Crippen molar-refractivity contribution in [3.05, 3.63) is 29.3 Å². The van der Waals surface area contributed by atoms with Crippen LogP contribution in [-0.2, 0) is 14.3 Å². The SMILES string of the molecule is CNC[C@@H]1CN(CCCNc2cccc3c2C(=O)N(C2CCC(=O)NC2=O)C3=O)CCO1. The molecule has 0 bridgehead atoms. The molecule has 4 rings (SSSR count). The molecular formula is C22H29N5O5. The molecule has 2 fully saturated rings. The van der Waals surface area contributed by atoms with E-state index in [-0.39, 0.29) is 30.4 Å². The number of benzene rings is 1. The summed E-state index contributed by atoms with van der Waals surface area (Å²) in [4.78, 5) is 53.0. The smallest absolute Gasteiger partial charge is 0.264 e. The second kappa shape index (κ2) is 9.76. The first kappa shape index (κ1) is 22.4. The monoisotopic (exact) mass is 443 g/mol. The first-order chi connectivity index (χ1) is 15.5. The Labute approximate surface area is 186 Å². The topological polar surface area (TPSA) is 120 Å². The van der Waals surface area contributed by atoms with Crippen LogP contribution in [0.15, 0.2) is 18.2 Å². The van der Waals surface area contributed by atoms with E-state index in [1.54, 1.807) is 18.2 Å². The fourth-order valence-electron chi connectivity index (χ4n) is 4.52. The average molecular weight is 444 g/mol. The lowest BCUT2D eigenvalue weighted by molar-refractivity contribution is -0.136.